The Balaban J connectivity index is 1.76. The lowest BCUT2D eigenvalue weighted by Gasteiger charge is -2.08. The third-order valence-corrected chi connectivity index (χ3v) is 3.04. The number of ether oxygens (including phenoxy) is 2. The molecule has 1 heterocycles. The first-order valence-corrected chi connectivity index (χ1v) is 6.80. The zero-order chi connectivity index (χ0) is 13.9. The van der Waals surface area contributed by atoms with Crippen LogP contribution < -0.4 is 15.2 Å². The fourth-order valence-corrected chi connectivity index (χ4v) is 1.93. The van der Waals surface area contributed by atoms with E-state index in [4.69, 9.17) is 15.2 Å². The van der Waals surface area contributed by atoms with Gasteiger partial charge in [-0.05, 0) is 44.0 Å². The van der Waals surface area contributed by atoms with Gasteiger partial charge >= 0.3 is 0 Å². The molecule has 2 N–H and O–H groups in total. The summed E-state index contributed by atoms with van der Waals surface area (Å²) in [4.78, 5) is 8.65. The van der Waals surface area contributed by atoms with Crippen molar-refractivity contribution in [2.24, 2.45) is 0 Å². The summed E-state index contributed by atoms with van der Waals surface area (Å²) >= 11 is 0. The van der Waals surface area contributed by atoms with Crippen LogP contribution in [0.3, 0.4) is 0 Å². The molecule has 1 saturated carbocycles. The first kappa shape index (κ1) is 12.7. The molecule has 0 atom stereocenters. The number of rotatable bonds is 5. The fourth-order valence-electron chi connectivity index (χ4n) is 1.93. The molecule has 0 unspecified atom stereocenters. The molecule has 0 radical (unpaired) electrons. The SMILES string of the molecule is CCOc1ccc(Oc2cc(N)nc(C3CC3)n2)cc1. The summed E-state index contributed by atoms with van der Waals surface area (Å²) in [6, 6.07) is 9.07. The van der Waals surface area contributed by atoms with Gasteiger partial charge in [0.2, 0.25) is 5.88 Å². The third-order valence-electron chi connectivity index (χ3n) is 3.04. The molecule has 0 saturated heterocycles. The summed E-state index contributed by atoms with van der Waals surface area (Å²) in [5.41, 5.74) is 5.79. The van der Waals surface area contributed by atoms with Crippen molar-refractivity contribution in [3.8, 4) is 17.4 Å². The molecule has 3 rings (SSSR count). The van der Waals surface area contributed by atoms with Crippen LogP contribution >= 0.6 is 0 Å². The first-order valence-electron chi connectivity index (χ1n) is 6.80. The molecule has 1 aromatic carbocycles. The first-order chi connectivity index (χ1) is 9.74. The van der Waals surface area contributed by atoms with Gasteiger partial charge in [0, 0.05) is 12.0 Å². The number of nitrogen functional groups attached to an aromatic ring is 1. The van der Waals surface area contributed by atoms with Gasteiger partial charge in [0.25, 0.3) is 0 Å². The largest absolute Gasteiger partial charge is 0.494 e. The molecular weight excluding hydrogens is 254 g/mol. The number of anilines is 1. The van der Waals surface area contributed by atoms with Crippen molar-refractivity contribution >= 4 is 5.82 Å². The van der Waals surface area contributed by atoms with E-state index in [1.54, 1.807) is 6.07 Å². The van der Waals surface area contributed by atoms with Gasteiger partial charge in [-0.3, -0.25) is 0 Å². The zero-order valence-electron chi connectivity index (χ0n) is 11.4. The minimum atomic E-state index is 0.446. The molecule has 1 aromatic heterocycles. The molecule has 5 nitrogen and oxygen atoms in total. The Hall–Kier alpha value is -2.30. The number of hydrogen-bond acceptors (Lipinski definition) is 5. The monoisotopic (exact) mass is 271 g/mol. The van der Waals surface area contributed by atoms with Crippen LogP contribution in [0.25, 0.3) is 0 Å². The summed E-state index contributed by atoms with van der Waals surface area (Å²) in [6.45, 7) is 2.60. The average molecular weight is 271 g/mol. The Morgan fingerprint density at radius 2 is 1.85 bits per heavy atom. The summed E-state index contributed by atoms with van der Waals surface area (Å²) in [5.74, 6) is 3.69. The molecule has 5 heteroatoms. The summed E-state index contributed by atoms with van der Waals surface area (Å²) in [7, 11) is 0. The predicted octanol–water partition coefficient (Wildman–Crippen LogP) is 3.13. The van der Waals surface area contributed by atoms with E-state index in [0.29, 0.717) is 30.0 Å². The number of benzene rings is 1. The van der Waals surface area contributed by atoms with Crippen LogP contribution in [-0.4, -0.2) is 16.6 Å². The van der Waals surface area contributed by atoms with E-state index in [9.17, 15) is 0 Å². The van der Waals surface area contributed by atoms with E-state index in [0.717, 1.165) is 24.4 Å². The highest BCUT2D eigenvalue weighted by molar-refractivity contribution is 5.38. The highest BCUT2D eigenvalue weighted by atomic mass is 16.5. The van der Waals surface area contributed by atoms with E-state index in [1.807, 2.05) is 31.2 Å². The molecule has 20 heavy (non-hydrogen) atoms. The molecule has 0 amide bonds. The van der Waals surface area contributed by atoms with Crippen LogP contribution in [0.2, 0.25) is 0 Å². The predicted molar refractivity (Wildman–Crippen MR) is 76.1 cm³/mol. The Labute approximate surface area is 117 Å². The molecule has 0 spiro atoms. The molecule has 1 aliphatic carbocycles. The molecule has 1 aliphatic rings. The van der Waals surface area contributed by atoms with E-state index in [1.165, 1.54) is 0 Å². The van der Waals surface area contributed by atoms with Crippen molar-refractivity contribution in [2.75, 3.05) is 12.3 Å². The van der Waals surface area contributed by atoms with Gasteiger partial charge in [-0.2, -0.15) is 4.98 Å². The second-order valence-corrected chi connectivity index (χ2v) is 4.77. The van der Waals surface area contributed by atoms with Crippen molar-refractivity contribution in [2.45, 2.75) is 25.7 Å². The lowest BCUT2D eigenvalue weighted by molar-refractivity contribution is 0.339. The highest BCUT2D eigenvalue weighted by Gasteiger charge is 2.27. The van der Waals surface area contributed by atoms with Gasteiger partial charge in [0.1, 0.15) is 23.1 Å². The lowest BCUT2D eigenvalue weighted by Crippen LogP contribution is -2.00. The molecule has 0 aliphatic heterocycles. The fraction of sp³-hybridized carbons (Fsp3) is 0.333. The second kappa shape index (κ2) is 5.36. The van der Waals surface area contributed by atoms with Gasteiger partial charge in [0.15, 0.2) is 0 Å². The normalized spacial score (nSPS) is 14.1. The van der Waals surface area contributed by atoms with E-state index in [2.05, 4.69) is 9.97 Å². The minimum absolute atomic E-state index is 0.446. The summed E-state index contributed by atoms with van der Waals surface area (Å²) in [6.07, 6.45) is 2.26. The second-order valence-electron chi connectivity index (χ2n) is 4.77. The lowest BCUT2D eigenvalue weighted by atomic mass is 10.3. The Morgan fingerprint density at radius 3 is 2.50 bits per heavy atom. The smallest absolute Gasteiger partial charge is 0.224 e. The summed E-state index contributed by atoms with van der Waals surface area (Å²) < 4.78 is 11.1. The molecule has 0 bridgehead atoms. The van der Waals surface area contributed by atoms with Gasteiger partial charge in [-0.25, -0.2) is 4.98 Å². The van der Waals surface area contributed by atoms with E-state index in [-0.39, 0.29) is 0 Å². The maximum atomic E-state index is 5.79. The number of hydrogen-bond donors (Lipinski definition) is 1. The van der Waals surface area contributed by atoms with Crippen LogP contribution in [0.4, 0.5) is 5.82 Å². The minimum Gasteiger partial charge on any atom is -0.494 e. The van der Waals surface area contributed by atoms with Crippen molar-refractivity contribution in [1.29, 1.82) is 0 Å². The van der Waals surface area contributed by atoms with Gasteiger partial charge < -0.3 is 15.2 Å². The van der Waals surface area contributed by atoms with Gasteiger partial charge in [-0.1, -0.05) is 0 Å². The van der Waals surface area contributed by atoms with Crippen molar-refractivity contribution < 1.29 is 9.47 Å². The Kier molecular flexibility index (Phi) is 3.41. The topological polar surface area (TPSA) is 70.3 Å². The standard InChI is InChI=1S/C15H17N3O2/c1-2-19-11-5-7-12(8-6-11)20-14-9-13(16)17-15(18-14)10-3-4-10/h5-10H,2-4H2,1H3,(H2,16,17,18). The van der Waals surface area contributed by atoms with Crippen LogP contribution in [0.1, 0.15) is 31.5 Å². The van der Waals surface area contributed by atoms with Crippen LogP contribution in [0.15, 0.2) is 30.3 Å². The molecular formula is C15H17N3O2. The number of nitrogens with zero attached hydrogens (tertiary/aromatic N) is 2. The van der Waals surface area contributed by atoms with Crippen molar-refractivity contribution in [3.05, 3.63) is 36.2 Å². The van der Waals surface area contributed by atoms with Gasteiger partial charge in [0.05, 0.1) is 6.61 Å². The zero-order valence-corrected chi connectivity index (χ0v) is 11.4. The highest BCUT2D eigenvalue weighted by Crippen LogP contribution is 2.39. The molecule has 1 fully saturated rings. The van der Waals surface area contributed by atoms with Gasteiger partial charge in [-0.15, -0.1) is 0 Å². The average Bonchev–Trinajstić information content (AvgIpc) is 3.25. The van der Waals surface area contributed by atoms with Crippen LogP contribution in [0.5, 0.6) is 17.4 Å². The maximum absolute atomic E-state index is 5.79. The van der Waals surface area contributed by atoms with E-state index >= 15 is 0 Å². The Bertz CT molecular complexity index is 595. The quantitative estimate of drug-likeness (QED) is 0.904. The van der Waals surface area contributed by atoms with Crippen LogP contribution in [-0.2, 0) is 0 Å². The number of aromatic nitrogens is 2. The van der Waals surface area contributed by atoms with Crippen molar-refractivity contribution in [1.82, 2.24) is 9.97 Å². The van der Waals surface area contributed by atoms with Crippen molar-refractivity contribution in [3.63, 3.8) is 0 Å². The Morgan fingerprint density at radius 1 is 1.15 bits per heavy atom. The maximum Gasteiger partial charge on any atom is 0.224 e. The molecule has 2 aromatic rings. The van der Waals surface area contributed by atoms with Crippen LogP contribution in [0, 0.1) is 0 Å². The summed E-state index contributed by atoms with van der Waals surface area (Å²) in [5, 5.41) is 0. The van der Waals surface area contributed by atoms with E-state index < -0.39 is 0 Å². The molecule has 104 valence electrons. The number of nitrogens with two attached hydrogens (primary N) is 1. The third kappa shape index (κ3) is 2.99.